The average Bonchev–Trinajstić information content (AvgIpc) is 3.01. The molecule has 0 atom stereocenters. The van der Waals surface area contributed by atoms with Gasteiger partial charge in [-0.25, -0.2) is 4.98 Å². The standard InChI is InChI=1S/C15H15N3O2S/c1-11-9-15(16-10-13(11)18(19)20)17-6-4-12(5-7-17)14-3-2-8-21-14/h2-4,8-10H,5-7H2,1H3. The van der Waals surface area contributed by atoms with Crippen molar-refractivity contribution in [1.29, 1.82) is 0 Å². The first kappa shape index (κ1) is 13.8. The summed E-state index contributed by atoms with van der Waals surface area (Å²) in [6.45, 7) is 3.42. The molecule has 0 aromatic carbocycles. The summed E-state index contributed by atoms with van der Waals surface area (Å²) in [5.74, 6) is 0.805. The topological polar surface area (TPSA) is 59.3 Å². The summed E-state index contributed by atoms with van der Waals surface area (Å²) in [7, 11) is 0. The molecule has 6 heteroatoms. The van der Waals surface area contributed by atoms with Crippen molar-refractivity contribution in [3.05, 3.63) is 56.4 Å². The van der Waals surface area contributed by atoms with E-state index in [0.717, 1.165) is 25.3 Å². The number of thiophene rings is 1. The van der Waals surface area contributed by atoms with E-state index in [2.05, 4.69) is 33.5 Å². The Morgan fingerprint density at radius 1 is 1.48 bits per heavy atom. The first-order chi connectivity index (χ1) is 10.1. The third-order valence-electron chi connectivity index (χ3n) is 3.64. The molecule has 0 spiro atoms. The summed E-state index contributed by atoms with van der Waals surface area (Å²) < 4.78 is 0. The van der Waals surface area contributed by atoms with Crippen LogP contribution < -0.4 is 4.90 Å². The fourth-order valence-corrected chi connectivity index (χ4v) is 3.26. The number of anilines is 1. The van der Waals surface area contributed by atoms with E-state index in [1.54, 1.807) is 24.3 Å². The number of hydrogen-bond acceptors (Lipinski definition) is 5. The Kier molecular flexibility index (Phi) is 3.70. The van der Waals surface area contributed by atoms with Crippen molar-refractivity contribution in [2.45, 2.75) is 13.3 Å². The highest BCUT2D eigenvalue weighted by Gasteiger charge is 2.18. The maximum atomic E-state index is 10.8. The summed E-state index contributed by atoms with van der Waals surface area (Å²) >= 11 is 1.76. The van der Waals surface area contributed by atoms with Crippen LogP contribution in [0.3, 0.4) is 0 Å². The van der Waals surface area contributed by atoms with Gasteiger partial charge in [-0.3, -0.25) is 10.1 Å². The molecule has 0 fully saturated rings. The third kappa shape index (κ3) is 2.80. The molecular formula is C15H15N3O2S. The van der Waals surface area contributed by atoms with Crippen LogP contribution in [0.1, 0.15) is 16.9 Å². The van der Waals surface area contributed by atoms with E-state index < -0.39 is 4.92 Å². The molecule has 0 saturated heterocycles. The molecule has 5 nitrogen and oxygen atoms in total. The van der Waals surface area contributed by atoms with Crippen LogP contribution in [0.5, 0.6) is 0 Å². The van der Waals surface area contributed by atoms with Gasteiger partial charge in [-0.05, 0) is 36.4 Å². The van der Waals surface area contributed by atoms with E-state index in [0.29, 0.717) is 5.56 Å². The summed E-state index contributed by atoms with van der Waals surface area (Å²) in [5, 5.41) is 12.9. The largest absolute Gasteiger partial charge is 0.353 e. The second kappa shape index (κ2) is 5.65. The summed E-state index contributed by atoms with van der Waals surface area (Å²) in [4.78, 5) is 18.1. The first-order valence-corrected chi connectivity index (χ1v) is 7.62. The molecule has 0 bridgehead atoms. The Morgan fingerprint density at radius 3 is 2.90 bits per heavy atom. The number of nitrogens with zero attached hydrogens (tertiary/aromatic N) is 3. The zero-order chi connectivity index (χ0) is 14.8. The van der Waals surface area contributed by atoms with Gasteiger partial charge < -0.3 is 4.90 Å². The van der Waals surface area contributed by atoms with E-state index in [1.165, 1.54) is 16.6 Å². The molecule has 3 heterocycles. The quantitative estimate of drug-likeness (QED) is 0.641. The lowest BCUT2D eigenvalue weighted by Gasteiger charge is -2.27. The van der Waals surface area contributed by atoms with Crippen molar-refractivity contribution in [2.24, 2.45) is 0 Å². The third-order valence-corrected chi connectivity index (χ3v) is 4.58. The predicted octanol–water partition coefficient (Wildman–Crippen LogP) is 3.65. The highest BCUT2D eigenvalue weighted by molar-refractivity contribution is 7.11. The molecule has 0 saturated carbocycles. The van der Waals surface area contributed by atoms with Crippen molar-refractivity contribution >= 4 is 28.4 Å². The average molecular weight is 301 g/mol. The van der Waals surface area contributed by atoms with Crippen LogP contribution >= 0.6 is 11.3 Å². The molecule has 0 N–H and O–H groups in total. The zero-order valence-electron chi connectivity index (χ0n) is 11.7. The van der Waals surface area contributed by atoms with Crippen molar-refractivity contribution in [3.63, 3.8) is 0 Å². The lowest BCUT2D eigenvalue weighted by Crippen LogP contribution is -2.29. The molecule has 0 radical (unpaired) electrons. The van der Waals surface area contributed by atoms with Gasteiger partial charge in [0.2, 0.25) is 0 Å². The molecular weight excluding hydrogens is 286 g/mol. The Morgan fingerprint density at radius 2 is 2.33 bits per heavy atom. The second-order valence-corrected chi connectivity index (χ2v) is 5.94. The molecule has 1 aliphatic heterocycles. The van der Waals surface area contributed by atoms with Gasteiger partial charge in [-0.15, -0.1) is 11.3 Å². The van der Waals surface area contributed by atoms with Gasteiger partial charge in [0.1, 0.15) is 12.0 Å². The van der Waals surface area contributed by atoms with E-state index in [1.807, 2.05) is 0 Å². The van der Waals surface area contributed by atoms with Gasteiger partial charge in [0.15, 0.2) is 0 Å². The maximum absolute atomic E-state index is 10.8. The number of pyridine rings is 1. The van der Waals surface area contributed by atoms with Crippen molar-refractivity contribution in [3.8, 4) is 0 Å². The molecule has 3 rings (SSSR count). The molecule has 1 aliphatic rings. The van der Waals surface area contributed by atoms with Crippen LogP contribution in [0.25, 0.3) is 5.57 Å². The van der Waals surface area contributed by atoms with E-state index in [9.17, 15) is 10.1 Å². The number of aryl methyl sites for hydroxylation is 1. The molecule has 0 aliphatic carbocycles. The van der Waals surface area contributed by atoms with Crippen LogP contribution in [-0.2, 0) is 0 Å². The molecule has 2 aromatic heterocycles. The lowest BCUT2D eigenvalue weighted by atomic mass is 10.1. The number of aromatic nitrogens is 1. The van der Waals surface area contributed by atoms with E-state index in [-0.39, 0.29) is 5.69 Å². The van der Waals surface area contributed by atoms with Gasteiger partial charge in [0, 0.05) is 23.5 Å². The van der Waals surface area contributed by atoms with Crippen LogP contribution in [-0.4, -0.2) is 23.0 Å². The van der Waals surface area contributed by atoms with Crippen molar-refractivity contribution in [1.82, 2.24) is 4.98 Å². The molecule has 0 unspecified atom stereocenters. The predicted molar refractivity (Wildman–Crippen MR) is 84.8 cm³/mol. The van der Waals surface area contributed by atoms with Gasteiger partial charge in [-0.2, -0.15) is 0 Å². The zero-order valence-corrected chi connectivity index (χ0v) is 12.5. The maximum Gasteiger partial charge on any atom is 0.290 e. The number of hydrogen-bond donors (Lipinski definition) is 0. The molecule has 2 aromatic rings. The van der Waals surface area contributed by atoms with Gasteiger partial charge in [0.25, 0.3) is 5.69 Å². The Hall–Kier alpha value is -2.21. The Balaban J connectivity index is 1.78. The minimum Gasteiger partial charge on any atom is -0.353 e. The smallest absolute Gasteiger partial charge is 0.290 e. The Labute approximate surface area is 126 Å². The SMILES string of the molecule is Cc1cc(N2CC=C(c3cccs3)CC2)ncc1[N+](=O)[O-]. The fourth-order valence-electron chi connectivity index (χ4n) is 2.46. The van der Waals surface area contributed by atoms with Gasteiger partial charge in [-0.1, -0.05) is 12.1 Å². The Bertz CT molecular complexity index is 695. The fraction of sp³-hybridized carbons (Fsp3) is 0.267. The molecule has 108 valence electrons. The second-order valence-electron chi connectivity index (χ2n) is 4.99. The number of nitro groups is 1. The van der Waals surface area contributed by atoms with Crippen LogP contribution in [0.4, 0.5) is 11.5 Å². The van der Waals surface area contributed by atoms with Gasteiger partial charge >= 0.3 is 0 Å². The minimum absolute atomic E-state index is 0.0746. The normalized spacial score (nSPS) is 14.9. The van der Waals surface area contributed by atoms with Crippen LogP contribution in [0.15, 0.2) is 35.9 Å². The van der Waals surface area contributed by atoms with Gasteiger partial charge in [0.05, 0.1) is 4.92 Å². The van der Waals surface area contributed by atoms with E-state index in [4.69, 9.17) is 0 Å². The minimum atomic E-state index is -0.392. The van der Waals surface area contributed by atoms with E-state index >= 15 is 0 Å². The lowest BCUT2D eigenvalue weighted by molar-refractivity contribution is -0.385. The first-order valence-electron chi connectivity index (χ1n) is 6.74. The van der Waals surface area contributed by atoms with Crippen LogP contribution in [0.2, 0.25) is 0 Å². The monoisotopic (exact) mass is 301 g/mol. The summed E-state index contributed by atoms with van der Waals surface area (Å²) in [6, 6.07) is 6.00. The molecule has 21 heavy (non-hydrogen) atoms. The van der Waals surface area contributed by atoms with Crippen molar-refractivity contribution in [2.75, 3.05) is 18.0 Å². The van der Waals surface area contributed by atoms with Crippen LogP contribution in [0, 0.1) is 17.0 Å². The van der Waals surface area contributed by atoms with Crippen molar-refractivity contribution < 1.29 is 4.92 Å². The summed E-state index contributed by atoms with van der Waals surface area (Å²) in [5.41, 5.74) is 2.10. The number of rotatable bonds is 3. The summed E-state index contributed by atoms with van der Waals surface area (Å²) in [6.07, 6.45) is 4.54. The highest BCUT2D eigenvalue weighted by atomic mass is 32.1. The molecule has 0 amide bonds. The highest BCUT2D eigenvalue weighted by Crippen LogP contribution is 2.28.